The second-order valence-corrected chi connectivity index (χ2v) is 7.53. The van der Waals surface area contributed by atoms with Gasteiger partial charge in [-0.2, -0.15) is 5.10 Å². The van der Waals surface area contributed by atoms with Gasteiger partial charge < -0.3 is 10.4 Å². The van der Waals surface area contributed by atoms with Crippen LogP contribution in [-0.2, 0) is 24.3 Å². The summed E-state index contributed by atoms with van der Waals surface area (Å²) in [5, 5.41) is 16.5. The lowest BCUT2D eigenvalue weighted by Gasteiger charge is -2.25. The van der Waals surface area contributed by atoms with E-state index in [4.69, 9.17) is 0 Å². The van der Waals surface area contributed by atoms with Gasteiger partial charge in [-0.05, 0) is 24.7 Å². The van der Waals surface area contributed by atoms with Gasteiger partial charge in [0.05, 0.1) is 12.6 Å². The number of aliphatic hydroxyl groups is 1. The first kappa shape index (κ1) is 17.7. The van der Waals surface area contributed by atoms with E-state index in [0.29, 0.717) is 13.0 Å². The van der Waals surface area contributed by atoms with E-state index in [1.807, 2.05) is 0 Å². The number of nitrogens with one attached hydrogen (secondary N) is 1. The SMILES string of the molecule is CC(C)(C)CC(CO)NC(=O)Cn1nc2n(c1=O)CCCCC2. The van der Waals surface area contributed by atoms with Crippen molar-refractivity contribution in [1.29, 1.82) is 0 Å². The van der Waals surface area contributed by atoms with Crippen LogP contribution in [0.1, 0.15) is 52.3 Å². The number of hydrogen-bond acceptors (Lipinski definition) is 4. The Balaban J connectivity index is 2.02. The fourth-order valence-corrected chi connectivity index (χ4v) is 3.04. The smallest absolute Gasteiger partial charge is 0.346 e. The maximum absolute atomic E-state index is 12.3. The molecule has 0 saturated carbocycles. The van der Waals surface area contributed by atoms with Crippen molar-refractivity contribution in [3.05, 3.63) is 16.3 Å². The first-order chi connectivity index (χ1) is 10.8. The zero-order chi connectivity index (χ0) is 17.0. The molecule has 0 bridgehead atoms. The average Bonchev–Trinajstić information content (AvgIpc) is 2.64. The van der Waals surface area contributed by atoms with E-state index in [9.17, 15) is 14.7 Å². The average molecular weight is 324 g/mol. The summed E-state index contributed by atoms with van der Waals surface area (Å²) >= 11 is 0. The summed E-state index contributed by atoms with van der Waals surface area (Å²) in [5.41, 5.74) is -0.211. The summed E-state index contributed by atoms with van der Waals surface area (Å²) < 4.78 is 2.92. The first-order valence-electron chi connectivity index (χ1n) is 8.37. The van der Waals surface area contributed by atoms with Crippen molar-refractivity contribution in [2.75, 3.05) is 6.61 Å². The molecule has 7 heteroatoms. The molecule has 1 aliphatic heterocycles. The van der Waals surface area contributed by atoms with Crippen molar-refractivity contribution in [2.24, 2.45) is 5.41 Å². The molecule has 2 heterocycles. The monoisotopic (exact) mass is 324 g/mol. The molecule has 0 aromatic carbocycles. The highest BCUT2D eigenvalue weighted by Gasteiger charge is 2.21. The van der Waals surface area contributed by atoms with Gasteiger partial charge in [0.25, 0.3) is 0 Å². The molecular weight excluding hydrogens is 296 g/mol. The summed E-state index contributed by atoms with van der Waals surface area (Å²) in [4.78, 5) is 24.5. The first-order valence-corrected chi connectivity index (χ1v) is 8.37. The molecule has 130 valence electrons. The van der Waals surface area contributed by atoms with Gasteiger partial charge in [0.2, 0.25) is 5.91 Å². The van der Waals surface area contributed by atoms with Crippen molar-refractivity contribution in [1.82, 2.24) is 19.7 Å². The lowest BCUT2D eigenvalue weighted by molar-refractivity contribution is -0.123. The molecule has 1 aliphatic rings. The summed E-state index contributed by atoms with van der Waals surface area (Å²) in [6.45, 7) is 6.63. The Morgan fingerprint density at radius 3 is 2.74 bits per heavy atom. The maximum Gasteiger partial charge on any atom is 0.346 e. The van der Waals surface area contributed by atoms with Crippen LogP contribution in [0.4, 0.5) is 0 Å². The molecule has 1 aromatic rings. The van der Waals surface area contributed by atoms with E-state index in [2.05, 4.69) is 31.2 Å². The normalized spacial score (nSPS) is 16.5. The van der Waals surface area contributed by atoms with Gasteiger partial charge in [-0.25, -0.2) is 9.48 Å². The molecule has 1 amide bonds. The molecule has 7 nitrogen and oxygen atoms in total. The van der Waals surface area contributed by atoms with E-state index >= 15 is 0 Å². The van der Waals surface area contributed by atoms with E-state index in [0.717, 1.165) is 31.5 Å². The van der Waals surface area contributed by atoms with E-state index in [1.54, 1.807) is 4.57 Å². The number of hydrogen-bond donors (Lipinski definition) is 2. The minimum Gasteiger partial charge on any atom is -0.394 e. The summed E-state index contributed by atoms with van der Waals surface area (Å²) in [5.74, 6) is 0.484. The van der Waals surface area contributed by atoms with Crippen LogP contribution >= 0.6 is 0 Å². The van der Waals surface area contributed by atoms with Crippen LogP contribution in [0.2, 0.25) is 0 Å². The van der Waals surface area contributed by atoms with Crippen molar-refractivity contribution in [2.45, 2.75) is 72.0 Å². The third kappa shape index (κ3) is 4.92. The molecule has 0 saturated heterocycles. The van der Waals surface area contributed by atoms with Crippen LogP contribution in [0, 0.1) is 5.41 Å². The molecule has 0 radical (unpaired) electrons. The highest BCUT2D eigenvalue weighted by Crippen LogP contribution is 2.20. The lowest BCUT2D eigenvalue weighted by atomic mass is 9.88. The van der Waals surface area contributed by atoms with Gasteiger partial charge in [-0.15, -0.1) is 0 Å². The van der Waals surface area contributed by atoms with Gasteiger partial charge in [0.1, 0.15) is 12.4 Å². The summed E-state index contributed by atoms with van der Waals surface area (Å²) in [7, 11) is 0. The number of aliphatic hydroxyl groups excluding tert-OH is 1. The lowest BCUT2D eigenvalue weighted by Crippen LogP contribution is -2.43. The highest BCUT2D eigenvalue weighted by atomic mass is 16.3. The quantitative estimate of drug-likeness (QED) is 0.834. The third-order valence-corrected chi connectivity index (χ3v) is 4.02. The summed E-state index contributed by atoms with van der Waals surface area (Å²) in [6.07, 6.45) is 4.56. The maximum atomic E-state index is 12.3. The topological polar surface area (TPSA) is 89.2 Å². The van der Waals surface area contributed by atoms with Crippen molar-refractivity contribution >= 4 is 5.91 Å². The highest BCUT2D eigenvalue weighted by molar-refractivity contribution is 5.75. The number of aryl methyl sites for hydroxylation is 1. The number of amides is 1. The van der Waals surface area contributed by atoms with E-state index in [1.165, 1.54) is 4.68 Å². The number of carbonyl (C=O) groups excluding carboxylic acids is 1. The van der Waals surface area contributed by atoms with Crippen LogP contribution < -0.4 is 11.0 Å². The molecule has 0 aliphatic carbocycles. The zero-order valence-electron chi connectivity index (χ0n) is 14.3. The molecule has 2 N–H and O–H groups in total. The molecule has 2 rings (SSSR count). The molecular formula is C16H28N4O3. The number of aromatic nitrogens is 3. The van der Waals surface area contributed by atoms with Crippen LogP contribution in [0.5, 0.6) is 0 Å². The second-order valence-electron chi connectivity index (χ2n) is 7.53. The number of nitrogens with zero attached hydrogens (tertiary/aromatic N) is 3. The molecule has 0 spiro atoms. The molecule has 1 unspecified atom stereocenters. The van der Waals surface area contributed by atoms with Gasteiger partial charge in [-0.1, -0.05) is 27.2 Å². The Morgan fingerprint density at radius 2 is 2.09 bits per heavy atom. The Morgan fingerprint density at radius 1 is 1.35 bits per heavy atom. The van der Waals surface area contributed by atoms with Crippen LogP contribution in [0.15, 0.2) is 4.79 Å². The van der Waals surface area contributed by atoms with E-state index in [-0.39, 0.29) is 36.2 Å². The van der Waals surface area contributed by atoms with Gasteiger partial charge >= 0.3 is 5.69 Å². The third-order valence-electron chi connectivity index (χ3n) is 4.02. The van der Waals surface area contributed by atoms with Crippen molar-refractivity contribution in [3.63, 3.8) is 0 Å². The van der Waals surface area contributed by atoms with E-state index < -0.39 is 0 Å². The Hall–Kier alpha value is -1.63. The molecule has 0 fully saturated rings. The standard InChI is InChI=1S/C16H28N4O3/c1-16(2,3)9-12(11-21)17-14(22)10-20-15(23)19-8-6-4-5-7-13(19)18-20/h12,21H,4-11H2,1-3H3,(H,17,22). The number of carbonyl (C=O) groups is 1. The Kier molecular flexibility index (Phi) is 5.62. The predicted octanol–water partition coefficient (Wildman–Crippen LogP) is 0.684. The van der Waals surface area contributed by atoms with Gasteiger partial charge in [-0.3, -0.25) is 9.36 Å². The molecule has 1 atom stereocenters. The summed E-state index contributed by atoms with van der Waals surface area (Å²) in [6, 6.07) is -0.307. The fourth-order valence-electron chi connectivity index (χ4n) is 3.04. The van der Waals surface area contributed by atoms with Gasteiger partial charge in [0.15, 0.2) is 0 Å². The van der Waals surface area contributed by atoms with Crippen LogP contribution in [-0.4, -0.2) is 38.0 Å². The second kappa shape index (κ2) is 7.29. The van der Waals surface area contributed by atoms with Crippen molar-refractivity contribution < 1.29 is 9.90 Å². The number of fused-ring (bicyclic) bond motifs is 1. The minimum absolute atomic E-state index is 0.00324. The largest absolute Gasteiger partial charge is 0.394 e. The van der Waals surface area contributed by atoms with Crippen LogP contribution in [0.3, 0.4) is 0 Å². The molecule has 23 heavy (non-hydrogen) atoms. The van der Waals surface area contributed by atoms with Crippen LogP contribution in [0.25, 0.3) is 0 Å². The van der Waals surface area contributed by atoms with Gasteiger partial charge in [0, 0.05) is 13.0 Å². The Labute approximate surface area is 136 Å². The predicted molar refractivity (Wildman–Crippen MR) is 87.1 cm³/mol. The molecule has 1 aromatic heterocycles. The minimum atomic E-state index is -0.307. The Bertz CT molecular complexity index is 597. The zero-order valence-corrected chi connectivity index (χ0v) is 14.3. The van der Waals surface area contributed by atoms with Crippen molar-refractivity contribution in [3.8, 4) is 0 Å². The fraction of sp³-hybridized carbons (Fsp3) is 0.812. The number of rotatable bonds is 5.